The molecule has 1 aromatic rings. The third-order valence-corrected chi connectivity index (χ3v) is 7.24. The van der Waals surface area contributed by atoms with Gasteiger partial charge < -0.3 is 5.32 Å². The lowest BCUT2D eigenvalue weighted by Gasteiger charge is -2.30. The fraction of sp³-hybridized carbons (Fsp3) is 0.714. The number of sulfonamides is 1. The average Bonchev–Trinajstić information content (AvgIpc) is 2.90. The van der Waals surface area contributed by atoms with Gasteiger partial charge in [0.15, 0.2) is 0 Å². The SMILES string of the molecule is CCCC1CCN(S(=O)(=O)c2cc(CNC)cs2)CC1. The van der Waals surface area contributed by atoms with Gasteiger partial charge in [0, 0.05) is 19.6 Å². The van der Waals surface area contributed by atoms with E-state index in [9.17, 15) is 8.42 Å². The summed E-state index contributed by atoms with van der Waals surface area (Å²) in [7, 11) is -1.41. The summed E-state index contributed by atoms with van der Waals surface area (Å²) in [4.78, 5) is 0. The fourth-order valence-corrected chi connectivity index (χ4v) is 5.59. The van der Waals surface area contributed by atoms with E-state index in [1.807, 2.05) is 12.4 Å². The molecule has 0 radical (unpaired) electrons. The monoisotopic (exact) mass is 316 g/mol. The molecule has 2 rings (SSSR count). The number of nitrogens with zero attached hydrogens (tertiary/aromatic N) is 1. The quantitative estimate of drug-likeness (QED) is 0.878. The smallest absolute Gasteiger partial charge is 0.252 e. The number of nitrogens with one attached hydrogen (secondary N) is 1. The molecule has 0 saturated carbocycles. The van der Waals surface area contributed by atoms with E-state index in [0.717, 1.165) is 18.4 Å². The summed E-state index contributed by atoms with van der Waals surface area (Å²) < 4.78 is 27.3. The van der Waals surface area contributed by atoms with Crippen molar-refractivity contribution in [3.8, 4) is 0 Å². The molecule has 2 heterocycles. The molecule has 0 amide bonds. The van der Waals surface area contributed by atoms with Gasteiger partial charge in [-0.1, -0.05) is 19.8 Å². The van der Waals surface area contributed by atoms with Crippen LogP contribution in [0.5, 0.6) is 0 Å². The van der Waals surface area contributed by atoms with Crippen molar-refractivity contribution in [1.29, 1.82) is 0 Å². The molecule has 114 valence electrons. The molecule has 4 nitrogen and oxygen atoms in total. The van der Waals surface area contributed by atoms with Gasteiger partial charge in [0.25, 0.3) is 10.0 Å². The van der Waals surface area contributed by atoms with Gasteiger partial charge in [-0.2, -0.15) is 4.31 Å². The van der Waals surface area contributed by atoms with Crippen LogP contribution in [0.2, 0.25) is 0 Å². The summed E-state index contributed by atoms with van der Waals surface area (Å²) in [5.41, 5.74) is 1.04. The van der Waals surface area contributed by atoms with Crippen LogP contribution in [0.15, 0.2) is 15.7 Å². The molecular formula is C14H24N2O2S2. The van der Waals surface area contributed by atoms with Crippen LogP contribution in [0.3, 0.4) is 0 Å². The second-order valence-corrected chi connectivity index (χ2v) is 8.52. The molecule has 1 aliphatic heterocycles. The Morgan fingerprint density at radius 3 is 2.70 bits per heavy atom. The van der Waals surface area contributed by atoms with E-state index in [1.54, 1.807) is 10.4 Å². The van der Waals surface area contributed by atoms with Gasteiger partial charge in [0.2, 0.25) is 0 Å². The summed E-state index contributed by atoms with van der Waals surface area (Å²) in [6.07, 6.45) is 4.42. The van der Waals surface area contributed by atoms with Gasteiger partial charge in [0.05, 0.1) is 0 Å². The Kier molecular flexibility index (Phi) is 5.60. The van der Waals surface area contributed by atoms with Crippen LogP contribution >= 0.6 is 11.3 Å². The maximum atomic E-state index is 12.6. The van der Waals surface area contributed by atoms with Crippen molar-refractivity contribution in [2.45, 2.75) is 43.4 Å². The summed E-state index contributed by atoms with van der Waals surface area (Å²) in [5.74, 6) is 0.703. The van der Waals surface area contributed by atoms with Crippen LogP contribution in [0, 0.1) is 5.92 Å². The Bertz CT molecular complexity index is 517. The lowest BCUT2D eigenvalue weighted by atomic mass is 9.94. The number of hydrogen-bond acceptors (Lipinski definition) is 4. The summed E-state index contributed by atoms with van der Waals surface area (Å²) in [5, 5.41) is 4.97. The Morgan fingerprint density at radius 2 is 2.10 bits per heavy atom. The van der Waals surface area contributed by atoms with Crippen LogP contribution in [0.4, 0.5) is 0 Å². The predicted molar refractivity (Wildman–Crippen MR) is 83.5 cm³/mol. The van der Waals surface area contributed by atoms with Crippen molar-refractivity contribution in [2.75, 3.05) is 20.1 Å². The molecule has 0 spiro atoms. The zero-order valence-electron chi connectivity index (χ0n) is 12.3. The first kappa shape index (κ1) is 15.9. The first-order valence-corrected chi connectivity index (χ1v) is 9.62. The number of piperidine rings is 1. The molecule has 1 saturated heterocycles. The average molecular weight is 316 g/mol. The highest BCUT2D eigenvalue weighted by atomic mass is 32.2. The van der Waals surface area contributed by atoms with Crippen molar-refractivity contribution in [3.63, 3.8) is 0 Å². The zero-order valence-corrected chi connectivity index (χ0v) is 13.9. The van der Waals surface area contributed by atoms with Crippen LogP contribution in [0.1, 0.15) is 38.2 Å². The van der Waals surface area contributed by atoms with Crippen molar-refractivity contribution in [3.05, 3.63) is 17.0 Å². The van der Waals surface area contributed by atoms with Gasteiger partial charge in [-0.3, -0.25) is 0 Å². The van der Waals surface area contributed by atoms with E-state index in [2.05, 4.69) is 12.2 Å². The third-order valence-electron chi connectivity index (χ3n) is 3.88. The fourth-order valence-electron chi connectivity index (χ4n) is 2.76. The van der Waals surface area contributed by atoms with Gasteiger partial charge in [-0.25, -0.2) is 8.42 Å². The van der Waals surface area contributed by atoms with Crippen molar-refractivity contribution in [2.24, 2.45) is 5.92 Å². The third kappa shape index (κ3) is 3.61. The lowest BCUT2D eigenvalue weighted by molar-refractivity contribution is 0.262. The van der Waals surface area contributed by atoms with Crippen LogP contribution in [0.25, 0.3) is 0 Å². The Morgan fingerprint density at radius 1 is 1.40 bits per heavy atom. The van der Waals surface area contributed by atoms with Gasteiger partial charge in [-0.05, 0) is 42.8 Å². The summed E-state index contributed by atoms with van der Waals surface area (Å²) in [6, 6.07) is 1.80. The van der Waals surface area contributed by atoms with E-state index >= 15 is 0 Å². The first-order valence-electron chi connectivity index (χ1n) is 7.30. The maximum Gasteiger partial charge on any atom is 0.252 e. The molecule has 1 N–H and O–H groups in total. The predicted octanol–water partition coefficient (Wildman–Crippen LogP) is 2.67. The topological polar surface area (TPSA) is 49.4 Å². The molecule has 20 heavy (non-hydrogen) atoms. The minimum Gasteiger partial charge on any atom is -0.316 e. The van der Waals surface area contributed by atoms with Gasteiger partial charge >= 0.3 is 0 Å². The van der Waals surface area contributed by atoms with E-state index < -0.39 is 10.0 Å². The lowest BCUT2D eigenvalue weighted by Crippen LogP contribution is -2.38. The van der Waals surface area contributed by atoms with Crippen LogP contribution in [-0.2, 0) is 16.6 Å². The number of thiophene rings is 1. The molecular weight excluding hydrogens is 292 g/mol. The molecule has 0 atom stereocenters. The van der Waals surface area contributed by atoms with Crippen molar-refractivity contribution < 1.29 is 8.42 Å². The van der Waals surface area contributed by atoms with Crippen molar-refractivity contribution >= 4 is 21.4 Å². The van der Waals surface area contributed by atoms with Crippen LogP contribution < -0.4 is 5.32 Å². The van der Waals surface area contributed by atoms with E-state index in [0.29, 0.717) is 29.8 Å². The molecule has 0 aliphatic carbocycles. The second kappa shape index (κ2) is 7.02. The number of rotatable bonds is 6. The van der Waals surface area contributed by atoms with E-state index in [1.165, 1.54) is 24.2 Å². The highest BCUT2D eigenvalue weighted by Crippen LogP contribution is 2.29. The Hall–Kier alpha value is -0.430. The molecule has 6 heteroatoms. The molecule has 1 aliphatic rings. The van der Waals surface area contributed by atoms with Gasteiger partial charge in [0.1, 0.15) is 4.21 Å². The summed E-state index contributed by atoms with van der Waals surface area (Å²) in [6.45, 7) is 4.25. The molecule has 0 unspecified atom stereocenters. The van der Waals surface area contributed by atoms with E-state index in [4.69, 9.17) is 0 Å². The summed E-state index contributed by atoms with van der Waals surface area (Å²) >= 11 is 1.33. The second-order valence-electron chi connectivity index (χ2n) is 5.44. The molecule has 1 aromatic heterocycles. The standard InChI is InChI=1S/C14H24N2O2S2/c1-3-4-12-5-7-16(8-6-12)20(17,18)14-9-13(10-15-2)11-19-14/h9,11-12,15H,3-8,10H2,1-2H3. The van der Waals surface area contributed by atoms with Crippen LogP contribution in [-0.4, -0.2) is 32.9 Å². The minimum atomic E-state index is -3.27. The van der Waals surface area contributed by atoms with Gasteiger partial charge in [-0.15, -0.1) is 11.3 Å². The highest BCUT2D eigenvalue weighted by molar-refractivity contribution is 7.91. The Balaban J connectivity index is 2.03. The molecule has 0 bridgehead atoms. The number of hydrogen-bond donors (Lipinski definition) is 1. The normalized spacial score (nSPS) is 18.5. The Labute approximate surface area is 126 Å². The maximum absolute atomic E-state index is 12.6. The minimum absolute atomic E-state index is 0.483. The molecule has 0 aromatic carbocycles. The van der Waals surface area contributed by atoms with Crippen molar-refractivity contribution in [1.82, 2.24) is 9.62 Å². The first-order chi connectivity index (χ1) is 9.57. The molecule has 1 fully saturated rings. The van der Waals surface area contributed by atoms with E-state index in [-0.39, 0.29) is 0 Å². The highest BCUT2D eigenvalue weighted by Gasteiger charge is 2.30. The largest absolute Gasteiger partial charge is 0.316 e. The zero-order chi connectivity index (χ0) is 14.6.